The highest BCUT2D eigenvalue weighted by molar-refractivity contribution is 5.94. The lowest BCUT2D eigenvalue weighted by Gasteiger charge is -2.22. The standard InChI is InChI=1S/C30H32F4N4O8/c1-16(44-30(35)41)26-25(27(40)37-14-18-5-7-19(31)13-20(18)32)38-28(46-26)17-6-8-22(45-29(33)34)23(12-17)42-10-3-2-4-21(39)24-15-36-9-11-43-24/h5-8,12-13,16,24,29,36H,2-4,9-11,14-15H2,1H3,(H2,35,41)(H,37,40). The number of ketones is 1. The zero-order valence-corrected chi connectivity index (χ0v) is 24.7. The van der Waals surface area contributed by atoms with Crippen molar-refractivity contribution in [3.8, 4) is 23.0 Å². The Morgan fingerprint density at radius 1 is 1.13 bits per heavy atom. The van der Waals surface area contributed by atoms with Crippen LogP contribution in [0, 0.1) is 11.6 Å². The van der Waals surface area contributed by atoms with Crippen molar-refractivity contribution in [2.24, 2.45) is 5.73 Å². The number of nitrogens with two attached hydrogens (primary N) is 1. The molecule has 0 aliphatic carbocycles. The van der Waals surface area contributed by atoms with Crippen LogP contribution in [0.15, 0.2) is 40.8 Å². The topological polar surface area (TPSA) is 164 Å². The van der Waals surface area contributed by atoms with E-state index in [1.54, 1.807) is 0 Å². The van der Waals surface area contributed by atoms with Crippen LogP contribution in [0.4, 0.5) is 22.4 Å². The minimum Gasteiger partial charge on any atom is -0.490 e. The highest BCUT2D eigenvalue weighted by Crippen LogP contribution is 2.35. The number of oxazole rings is 1. The monoisotopic (exact) mass is 652 g/mol. The third-order valence-corrected chi connectivity index (χ3v) is 6.75. The van der Waals surface area contributed by atoms with E-state index in [2.05, 4.69) is 20.4 Å². The van der Waals surface area contributed by atoms with Gasteiger partial charge in [-0.25, -0.2) is 18.6 Å². The summed E-state index contributed by atoms with van der Waals surface area (Å²) in [4.78, 5) is 41.0. The van der Waals surface area contributed by atoms with Crippen molar-refractivity contribution in [1.82, 2.24) is 15.6 Å². The molecule has 2 heterocycles. The van der Waals surface area contributed by atoms with Crippen LogP contribution in [0.1, 0.15) is 54.1 Å². The Balaban J connectivity index is 1.51. The Morgan fingerprint density at radius 3 is 2.63 bits per heavy atom. The van der Waals surface area contributed by atoms with Gasteiger partial charge in [0, 0.05) is 43.2 Å². The van der Waals surface area contributed by atoms with Gasteiger partial charge in [-0.15, -0.1) is 0 Å². The Hall–Kier alpha value is -4.70. The van der Waals surface area contributed by atoms with E-state index in [0.29, 0.717) is 38.6 Å². The van der Waals surface area contributed by atoms with Crippen LogP contribution in [0.5, 0.6) is 11.5 Å². The number of carbonyl (C=O) groups is 3. The van der Waals surface area contributed by atoms with E-state index in [0.717, 1.165) is 12.1 Å². The number of unbranched alkanes of at least 4 members (excludes halogenated alkanes) is 1. The lowest BCUT2D eigenvalue weighted by atomic mass is 10.1. The van der Waals surface area contributed by atoms with E-state index < -0.39 is 42.5 Å². The van der Waals surface area contributed by atoms with E-state index in [1.165, 1.54) is 25.1 Å². The van der Waals surface area contributed by atoms with Crippen molar-refractivity contribution < 1.29 is 55.3 Å². The summed E-state index contributed by atoms with van der Waals surface area (Å²) in [5, 5.41) is 5.53. The number of aromatic nitrogens is 1. The number of alkyl halides is 2. The number of rotatable bonds is 15. The number of hydrogen-bond acceptors (Lipinski definition) is 10. The molecule has 2 amide bonds. The molecule has 2 atom stereocenters. The van der Waals surface area contributed by atoms with Gasteiger partial charge in [0.2, 0.25) is 5.89 Å². The Kier molecular flexibility index (Phi) is 11.9. The van der Waals surface area contributed by atoms with Crippen LogP contribution in [0.3, 0.4) is 0 Å². The first-order chi connectivity index (χ1) is 22.0. The lowest BCUT2D eigenvalue weighted by molar-refractivity contribution is -0.132. The van der Waals surface area contributed by atoms with Crippen LogP contribution < -0.4 is 25.8 Å². The largest absolute Gasteiger partial charge is 0.490 e. The SMILES string of the molecule is CC(OC(N)=O)c1oc(-c2ccc(OC(F)F)c(OCCCCC(=O)C3CNCCO3)c2)nc1C(=O)NCc1ccc(F)cc1F. The summed E-state index contributed by atoms with van der Waals surface area (Å²) in [6, 6.07) is 6.66. The molecular formula is C30H32F4N4O8. The van der Waals surface area contributed by atoms with Crippen molar-refractivity contribution in [1.29, 1.82) is 0 Å². The molecule has 0 saturated carbocycles. The molecule has 1 saturated heterocycles. The fourth-order valence-electron chi connectivity index (χ4n) is 4.51. The number of amides is 2. The Morgan fingerprint density at radius 2 is 1.93 bits per heavy atom. The number of primary amides is 1. The van der Waals surface area contributed by atoms with Crippen LogP contribution in [0.25, 0.3) is 11.5 Å². The van der Waals surface area contributed by atoms with Crippen molar-refractivity contribution in [3.05, 3.63) is 65.1 Å². The maximum absolute atomic E-state index is 14.1. The molecule has 1 aliphatic rings. The van der Waals surface area contributed by atoms with Crippen LogP contribution in [0.2, 0.25) is 0 Å². The minimum absolute atomic E-state index is 0.0124. The van der Waals surface area contributed by atoms with Crippen LogP contribution in [-0.4, -0.2) is 61.8 Å². The number of benzene rings is 2. The summed E-state index contributed by atoms with van der Waals surface area (Å²) >= 11 is 0. The fraction of sp³-hybridized carbons (Fsp3) is 0.400. The summed E-state index contributed by atoms with van der Waals surface area (Å²) in [6.07, 6.45) is -1.75. The van der Waals surface area contributed by atoms with E-state index in [9.17, 15) is 31.9 Å². The third kappa shape index (κ3) is 9.40. The van der Waals surface area contributed by atoms with Gasteiger partial charge in [-0.1, -0.05) is 6.07 Å². The van der Waals surface area contributed by atoms with Crippen molar-refractivity contribution >= 4 is 17.8 Å². The van der Waals surface area contributed by atoms with Gasteiger partial charge in [0.25, 0.3) is 5.91 Å². The van der Waals surface area contributed by atoms with E-state index in [4.69, 9.17) is 24.4 Å². The number of carbonyl (C=O) groups excluding carboxylic acids is 3. The van der Waals surface area contributed by atoms with Gasteiger partial charge in [-0.2, -0.15) is 8.78 Å². The highest BCUT2D eigenvalue weighted by Gasteiger charge is 2.28. The molecule has 1 aromatic heterocycles. The Labute approximate surface area is 260 Å². The molecule has 1 aliphatic heterocycles. The fourth-order valence-corrected chi connectivity index (χ4v) is 4.51. The second-order valence-electron chi connectivity index (χ2n) is 10.1. The second kappa shape index (κ2) is 16.0. The Bertz CT molecular complexity index is 1530. The first-order valence-corrected chi connectivity index (χ1v) is 14.3. The molecule has 12 nitrogen and oxygen atoms in total. The summed E-state index contributed by atoms with van der Waals surface area (Å²) in [5.74, 6) is -3.36. The van der Waals surface area contributed by atoms with E-state index in [1.807, 2.05) is 0 Å². The van der Waals surface area contributed by atoms with Crippen molar-refractivity contribution in [2.75, 3.05) is 26.3 Å². The van der Waals surface area contributed by atoms with Gasteiger partial charge in [-0.3, -0.25) is 9.59 Å². The maximum atomic E-state index is 14.1. The smallest absolute Gasteiger partial charge is 0.405 e. The van der Waals surface area contributed by atoms with Crippen molar-refractivity contribution in [2.45, 2.75) is 51.6 Å². The summed E-state index contributed by atoms with van der Waals surface area (Å²) in [7, 11) is 0. The minimum atomic E-state index is -3.16. The molecule has 2 aromatic carbocycles. The predicted molar refractivity (Wildman–Crippen MR) is 152 cm³/mol. The number of nitrogens with zero attached hydrogens (tertiary/aromatic N) is 1. The first kappa shape index (κ1) is 34.2. The quantitative estimate of drug-likeness (QED) is 0.158. The number of Topliss-reactive ketones (excluding diaryl/α,β-unsaturated/α-hetero) is 1. The van der Waals surface area contributed by atoms with Gasteiger partial charge in [-0.05, 0) is 44.0 Å². The average Bonchev–Trinajstić information content (AvgIpc) is 3.47. The number of ether oxygens (including phenoxy) is 4. The zero-order chi connectivity index (χ0) is 33.2. The molecular weight excluding hydrogens is 620 g/mol. The number of hydrogen-bond donors (Lipinski definition) is 3. The molecule has 4 rings (SSSR count). The molecule has 0 radical (unpaired) electrons. The van der Waals surface area contributed by atoms with Gasteiger partial charge in [0.15, 0.2) is 34.8 Å². The molecule has 248 valence electrons. The molecule has 0 bridgehead atoms. The lowest BCUT2D eigenvalue weighted by Crippen LogP contribution is -2.43. The summed E-state index contributed by atoms with van der Waals surface area (Å²) < 4.78 is 80.0. The second-order valence-corrected chi connectivity index (χ2v) is 10.1. The summed E-state index contributed by atoms with van der Waals surface area (Å²) in [5.41, 5.74) is 4.94. The zero-order valence-electron chi connectivity index (χ0n) is 24.7. The highest BCUT2D eigenvalue weighted by atomic mass is 19.3. The number of morpholine rings is 1. The molecule has 16 heteroatoms. The van der Waals surface area contributed by atoms with Gasteiger partial charge >= 0.3 is 12.7 Å². The normalized spacial score (nSPS) is 15.3. The van der Waals surface area contributed by atoms with Crippen LogP contribution >= 0.6 is 0 Å². The summed E-state index contributed by atoms with van der Waals surface area (Å²) in [6.45, 7) is -0.504. The van der Waals surface area contributed by atoms with Gasteiger partial charge in [0.05, 0.1) is 13.2 Å². The molecule has 2 unspecified atom stereocenters. The van der Waals surface area contributed by atoms with Crippen molar-refractivity contribution in [3.63, 3.8) is 0 Å². The van der Waals surface area contributed by atoms with Crippen LogP contribution in [-0.2, 0) is 20.8 Å². The van der Waals surface area contributed by atoms with Gasteiger partial charge in [0.1, 0.15) is 17.7 Å². The number of nitrogens with one attached hydrogen (secondary N) is 2. The van der Waals surface area contributed by atoms with Gasteiger partial charge < -0.3 is 39.7 Å². The van der Waals surface area contributed by atoms with E-state index in [-0.39, 0.29) is 65.3 Å². The maximum Gasteiger partial charge on any atom is 0.405 e. The third-order valence-electron chi connectivity index (χ3n) is 6.75. The first-order valence-electron chi connectivity index (χ1n) is 14.3. The average molecular weight is 653 g/mol. The molecule has 4 N–H and O–H groups in total. The van der Waals surface area contributed by atoms with E-state index >= 15 is 0 Å². The number of halogens is 4. The predicted octanol–water partition coefficient (Wildman–Crippen LogP) is 4.41. The molecule has 1 fully saturated rings. The molecule has 0 spiro atoms. The molecule has 46 heavy (non-hydrogen) atoms. The molecule has 3 aromatic rings.